The lowest BCUT2D eigenvalue weighted by atomic mass is 10.1. The topological polar surface area (TPSA) is 100 Å². The summed E-state index contributed by atoms with van der Waals surface area (Å²) in [6.45, 7) is 3.46. The first kappa shape index (κ1) is 21.6. The van der Waals surface area contributed by atoms with Gasteiger partial charge in [-0.1, -0.05) is 36.4 Å². The van der Waals surface area contributed by atoms with Crippen LogP contribution in [0.4, 0.5) is 5.69 Å². The predicted octanol–water partition coefficient (Wildman–Crippen LogP) is 3.63. The Morgan fingerprint density at radius 2 is 1.71 bits per heavy atom. The first-order chi connectivity index (χ1) is 14.9. The predicted molar refractivity (Wildman–Crippen MR) is 118 cm³/mol. The van der Waals surface area contributed by atoms with Crippen LogP contribution in [0.15, 0.2) is 77.0 Å². The minimum Gasteiger partial charge on any atom is -0.467 e. The quantitative estimate of drug-likeness (QED) is 0.511. The number of para-hydroxylation sites is 1. The zero-order valence-corrected chi connectivity index (χ0v) is 17.3. The fourth-order valence-electron chi connectivity index (χ4n) is 2.91. The van der Waals surface area contributed by atoms with Crippen molar-refractivity contribution in [2.45, 2.75) is 20.4 Å². The number of hydrogen-bond donors (Lipinski definition) is 3. The Kier molecular flexibility index (Phi) is 7.01. The second-order valence-corrected chi connectivity index (χ2v) is 6.86. The summed E-state index contributed by atoms with van der Waals surface area (Å²) in [6, 6.07) is 17.6. The van der Waals surface area contributed by atoms with Crippen molar-refractivity contribution in [1.82, 2.24) is 10.6 Å². The summed E-state index contributed by atoms with van der Waals surface area (Å²) in [5.74, 6) is -0.663. The van der Waals surface area contributed by atoms with E-state index in [1.807, 2.05) is 31.2 Å². The first-order valence-electron chi connectivity index (χ1n) is 9.70. The molecule has 0 unspecified atom stereocenters. The van der Waals surface area contributed by atoms with Gasteiger partial charge in [0, 0.05) is 6.92 Å². The van der Waals surface area contributed by atoms with Crippen LogP contribution in [0.2, 0.25) is 0 Å². The van der Waals surface area contributed by atoms with Crippen molar-refractivity contribution in [3.8, 4) is 0 Å². The maximum Gasteiger partial charge on any atom is 0.272 e. The van der Waals surface area contributed by atoms with E-state index in [-0.39, 0.29) is 24.1 Å². The van der Waals surface area contributed by atoms with Crippen molar-refractivity contribution in [3.63, 3.8) is 0 Å². The van der Waals surface area contributed by atoms with E-state index in [1.54, 1.807) is 42.5 Å². The molecule has 0 atom stereocenters. The second-order valence-electron chi connectivity index (χ2n) is 6.86. The lowest BCUT2D eigenvalue weighted by Gasteiger charge is -2.13. The maximum atomic E-state index is 12.9. The largest absolute Gasteiger partial charge is 0.467 e. The van der Waals surface area contributed by atoms with Gasteiger partial charge in [0.25, 0.3) is 11.8 Å². The van der Waals surface area contributed by atoms with Crippen molar-refractivity contribution in [1.29, 1.82) is 0 Å². The molecule has 0 bridgehead atoms. The number of rotatable bonds is 7. The minimum atomic E-state index is -0.537. The standard InChI is InChI=1S/C24H23N3O4/c1-16-8-3-4-9-18(16)14-22(26-17(2)28)24(30)27-21-12-6-5-11-20(21)23(29)25-15-19-10-7-13-31-19/h3-14H,15H2,1-2H3,(H,25,29)(H,26,28)(H,27,30). The van der Waals surface area contributed by atoms with Crippen LogP contribution in [-0.4, -0.2) is 17.7 Å². The highest BCUT2D eigenvalue weighted by Gasteiger charge is 2.17. The highest BCUT2D eigenvalue weighted by molar-refractivity contribution is 6.11. The molecule has 0 aliphatic carbocycles. The number of amides is 3. The van der Waals surface area contributed by atoms with Crippen molar-refractivity contribution in [2.24, 2.45) is 0 Å². The van der Waals surface area contributed by atoms with Crippen LogP contribution in [0, 0.1) is 6.92 Å². The molecule has 31 heavy (non-hydrogen) atoms. The Balaban J connectivity index is 1.81. The Morgan fingerprint density at radius 1 is 0.968 bits per heavy atom. The molecule has 3 rings (SSSR count). The van der Waals surface area contributed by atoms with E-state index in [2.05, 4.69) is 16.0 Å². The van der Waals surface area contributed by atoms with Crippen LogP contribution in [-0.2, 0) is 16.1 Å². The third-order valence-corrected chi connectivity index (χ3v) is 4.47. The number of furan rings is 1. The van der Waals surface area contributed by atoms with Gasteiger partial charge >= 0.3 is 0 Å². The molecule has 3 aromatic rings. The molecule has 0 saturated heterocycles. The molecule has 3 amide bonds. The van der Waals surface area contributed by atoms with Crippen LogP contribution in [0.25, 0.3) is 6.08 Å². The van der Waals surface area contributed by atoms with Gasteiger partial charge in [-0.2, -0.15) is 0 Å². The molecular weight excluding hydrogens is 394 g/mol. The first-order valence-corrected chi connectivity index (χ1v) is 9.70. The fraction of sp³-hybridized carbons (Fsp3) is 0.125. The van der Waals surface area contributed by atoms with Crippen molar-refractivity contribution in [3.05, 3.63) is 95.1 Å². The number of anilines is 1. The average Bonchev–Trinajstić information content (AvgIpc) is 3.27. The summed E-state index contributed by atoms with van der Waals surface area (Å²) in [5.41, 5.74) is 2.44. The summed E-state index contributed by atoms with van der Waals surface area (Å²) in [6.07, 6.45) is 3.13. The number of benzene rings is 2. The van der Waals surface area contributed by atoms with Gasteiger partial charge in [0.2, 0.25) is 5.91 Å². The SMILES string of the molecule is CC(=O)NC(=Cc1ccccc1C)C(=O)Nc1ccccc1C(=O)NCc1ccco1. The highest BCUT2D eigenvalue weighted by atomic mass is 16.3. The van der Waals surface area contributed by atoms with Crippen molar-refractivity contribution >= 4 is 29.5 Å². The third-order valence-electron chi connectivity index (χ3n) is 4.47. The van der Waals surface area contributed by atoms with E-state index in [9.17, 15) is 14.4 Å². The molecule has 7 heteroatoms. The van der Waals surface area contributed by atoms with Gasteiger partial charge in [0.05, 0.1) is 24.1 Å². The average molecular weight is 417 g/mol. The number of aryl methyl sites for hydroxylation is 1. The van der Waals surface area contributed by atoms with Crippen LogP contribution >= 0.6 is 0 Å². The summed E-state index contributed by atoms with van der Waals surface area (Å²) in [5, 5.41) is 8.04. The van der Waals surface area contributed by atoms with E-state index < -0.39 is 5.91 Å². The molecule has 1 aromatic heterocycles. The van der Waals surface area contributed by atoms with Crippen molar-refractivity contribution < 1.29 is 18.8 Å². The van der Waals surface area contributed by atoms with Crippen LogP contribution in [0.5, 0.6) is 0 Å². The van der Waals surface area contributed by atoms with Gasteiger partial charge in [-0.05, 0) is 48.4 Å². The third kappa shape index (κ3) is 5.93. The van der Waals surface area contributed by atoms with E-state index in [0.717, 1.165) is 11.1 Å². The van der Waals surface area contributed by atoms with E-state index in [0.29, 0.717) is 17.0 Å². The second kappa shape index (κ2) is 10.1. The molecule has 3 N–H and O–H groups in total. The molecule has 7 nitrogen and oxygen atoms in total. The smallest absolute Gasteiger partial charge is 0.272 e. The zero-order valence-electron chi connectivity index (χ0n) is 17.3. The number of carbonyl (C=O) groups is 3. The molecule has 0 spiro atoms. The molecule has 0 saturated carbocycles. The molecule has 2 aromatic carbocycles. The lowest BCUT2D eigenvalue weighted by Crippen LogP contribution is -2.30. The van der Waals surface area contributed by atoms with Crippen molar-refractivity contribution in [2.75, 3.05) is 5.32 Å². The summed E-state index contributed by atoms with van der Waals surface area (Å²) >= 11 is 0. The normalized spacial score (nSPS) is 11.0. The van der Waals surface area contributed by atoms with Crippen LogP contribution in [0.3, 0.4) is 0 Å². The Morgan fingerprint density at radius 3 is 2.42 bits per heavy atom. The summed E-state index contributed by atoms with van der Waals surface area (Å²) in [4.78, 5) is 37.2. The Bertz CT molecular complexity index is 1120. The number of carbonyl (C=O) groups excluding carboxylic acids is 3. The van der Waals surface area contributed by atoms with Gasteiger partial charge in [0.1, 0.15) is 11.5 Å². The maximum absolute atomic E-state index is 12.9. The lowest BCUT2D eigenvalue weighted by molar-refractivity contribution is -0.120. The van der Waals surface area contributed by atoms with Gasteiger partial charge in [-0.25, -0.2) is 0 Å². The number of nitrogens with one attached hydrogen (secondary N) is 3. The van der Waals surface area contributed by atoms with E-state index in [1.165, 1.54) is 13.2 Å². The summed E-state index contributed by atoms with van der Waals surface area (Å²) in [7, 11) is 0. The molecule has 1 heterocycles. The fourth-order valence-corrected chi connectivity index (χ4v) is 2.91. The van der Waals surface area contributed by atoms with Crippen LogP contribution < -0.4 is 16.0 Å². The van der Waals surface area contributed by atoms with E-state index in [4.69, 9.17) is 4.42 Å². The van der Waals surface area contributed by atoms with Gasteiger partial charge in [0.15, 0.2) is 0 Å². The Hall–Kier alpha value is -4.13. The number of hydrogen-bond acceptors (Lipinski definition) is 4. The molecule has 0 aliphatic heterocycles. The van der Waals surface area contributed by atoms with Gasteiger partial charge in [-0.15, -0.1) is 0 Å². The summed E-state index contributed by atoms with van der Waals surface area (Å²) < 4.78 is 5.22. The molecule has 0 aliphatic rings. The van der Waals surface area contributed by atoms with Crippen LogP contribution in [0.1, 0.15) is 34.2 Å². The molecule has 0 fully saturated rings. The molecular formula is C24H23N3O4. The van der Waals surface area contributed by atoms with Gasteiger partial charge in [-0.3, -0.25) is 14.4 Å². The van der Waals surface area contributed by atoms with Gasteiger partial charge < -0.3 is 20.4 Å². The minimum absolute atomic E-state index is 0.0765. The monoisotopic (exact) mass is 417 g/mol. The Labute approximate surface area is 180 Å². The van der Waals surface area contributed by atoms with E-state index >= 15 is 0 Å². The highest BCUT2D eigenvalue weighted by Crippen LogP contribution is 2.17. The molecule has 158 valence electrons. The zero-order chi connectivity index (χ0) is 22.2. The molecule has 0 radical (unpaired) electrons.